The highest BCUT2D eigenvalue weighted by Crippen LogP contribution is 2.25. The van der Waals surface area contributed by atoms with E-state index in [4.69, 9.17) is 4.74 Å². The number of nitrogens with zero attached hydrogens (tertiary/aromatic N) is 2. The van der Waals surface area contributed by atoms with E-state index in [0.717, 1.165) is 27.3 Å². The molecule has 1 N–H and O–H groups in total. The van der Waals surface area contributed by atoms with Gasteiger partial charge in [0.15, 0.2) is 0 Å². The average molecular weight is 504 g/mol. The molecule has 35 heavy (non-hydrogen) atoms. The highest BCUT2D eigenvalue weighted by molar-refractivity contribution is 7.92. The predicted octanol–water partition coefficient (Wildman–Crippen LogP) is 3.41. The van der Waals surface area contributed by atoms with Gasteiger partial charge in [0.1, 0.15) is 18.3 Å². The molecule has 0 bridgehead atoms. The van der Waals surface area contributed by atoms with Crippen molar-refractivity contribution in [3.8, 4) is 5.75 Å². The Morgan fingerprint density at radius 1 is 1.06 bits per heavy atom. The van der Waals surface area contributed by atoms with E-state index in [1.165, 1.54) is 4.90 Å². The summed E-state index contributed by atoms with van der Waals surface area (Å²) < 4.78 is 31.8. The number of methoxy groups -OCH3 is 1. The number of rotatable bonds is 9. The molecule has 8 nitrogen and oxygen atoms in total. The first-order chi connectivity index (χ1) is 16.1. The molecule has 2 aromatic carbocycles. The topological polar surface area (TPSA) is 96.0 Å². The molecular formula is C26H37N3O5S. The lowest BCUT2D eigenvalue weighted by atomic mass is 10.1. The minimum Gasteiger partial charge on any atom is -0.497 e. The molecule has 0 aliphatic heterocycles. The molecule has 2 rings (SSSR count). The van der Waals surface area contributed by atoms with Crippen LogP contribution in [0.2, 0.25) is 0 Å². The SMILES string of the molecule is COc1ccc(CN(C(=O)CN(c2cccc(C)c2C)S(C)(=O)=O)[C@H](C)C(=O)NC(C)(C)C)cc1. The number of hydrogen-bond acceptors (Lipinski definition) is 5. The Kier molecular flexibility index (Phi) is 8.94. The molecule has 0 radical (unpaired) electrons. The van der Waals surface area contributed by atoms with E-state index >= 15 is 0 Å². The van der Waals surface area contributed by atoms with Crippen LogP contribution in [0.25, 0.3) is 0 Å². The molecule has 0 aliphatic rings. The summed E-state index contributed by atoms with van der Waals surface area (Å²) in [4.78, 5) is 28.0. The minimum absolute atomic E-state index is 0.131. The summed E-state index contributed by atoms with van der Waals surface area (Å²) in [5.74, 6) is -0.135. The van der Waals surface area contributed by atoms with E-state index in [1.54, 1.807) is 38.3 Å². The van der Waals surface area contributed by atoms with Crippen LogP contribution in [0.5, 0.6) is 5.75 Å². The number of carbonyl (C=O) groups excluding carboxylic acids is 2. The second kappa shape index (κ2) is 11.1. The summed E-state index contributed by atoms with van der Waals surface area (Å²) in [6.07, 6.45) is 1.08. The van der Waals surface area contributed by atoms with Gasteiger partial charge in [-0.3, -0.25) is 13.9 Å². The van der Waals surface area contributed by atoms with E-state index in [-0.39, 0.29) is 12.5 Å². The molecule has 2 aromatic rings. The summed E-state index contributed by atoms with van der Waals surface area (Å²) in [7, 11) is -2.21. The third-order valence-electron chi connectivity index (χ3n) is 5.70. The normalized spacial score (nSPS) is 12.6. The Morgan fingerprint density at radius 2 is 1.66 bits per heavy atom. The number of carbonyl (C=O) groups is 2. The van der Waals surface area contributed by atoms with Crippen molar-refractivity contribution in [2.45, 2.75) is 59.7 Å². The lowest BCUT2D eigenvalue weighted by Gasteiger charge is -2.33. The number of ether oxygens (including phenoxy) is 1. The first-order valence-electron chi connectivity index (χ1n) is 11.4. The van der Waals surface area contributed by atoms with Crippen LogP contribution in [-0.4, -0.2) is 56.6 Å². The Balaban J connectivity index is 2.44. The Morgan fingerprint density at radius 3 is 2.17 bits per heavy atom. The predicted molar refractivity (Wildman–Crippen MR) is 139 cm³/mol. The van der Waals surface area contributed by atoms with Gasteiger partial charge in [-0.1, -0.05) is 24.3 Å². The van der Waals surface area contributed by atoms with Crippen molar-refractivity contribution in [3.63, 3.8) is 0 Å². The summed E-state index contributed by atoms with van der Waals surface area (Å²) in [6, 6.07) is 11.7. The lowest BCUT2D eigenvalue weighted by molar-refractivity contribution is -0.140. The van der Waals surface area contributed by atoms with Crippen molar-refractivity contribution < 1.29 is 22.7 Å². The number of aryl methyl sites for hydroxylation is 1. The van der Waals surface area contributed by atoms with E-state index in [2.05, 4.69) is 5.32 Å². The largest absolute Gasteiger partial charge is 0.497 e. The zero-order chi connectivity index (χ0) is 26.6. The number of nitrogens with one attached hydrogen (secondary N) is 1. The highest BCUT2D eigenvalue weighted by Gasteiger charge is 2.31. The highest BCUT2D eigenvalue weighted by atomic mass is 32.2. The molecule has 0 aliphatic carbocycles. The van der Waals surface area contributed by atoms with Crippen LogP contribution in [0.1, 0.15) is 44.4 Å². The fraction of sp³-hybridized carbons (Fsp3) is 0.462. The molecule has 0 heterocycles. The third-order valence-corrected chi connectivity index (χ3v) is 6.83. The Bertz CT molecular complexity index is 1150. The lowest BCUT2D eigenvalue weighted by Crippen LogP contribution is -2.54. The van der Waals surface area contributed by atoms with Gasteiger partial charge in [-0.05, 0) is 76.4 Å². The van der Waals surface area contributed by atoms with Crippen molar-refractivity contribution >= 4 is 27.5 Å². The van der Waals surface area contributed by atoms with Gasteiger partial charge in [0.05, 0.1) is 19.1 Å². The van der Waals surface area contributed by atoms with Crippen molar-refractivity contribution in [2.75, 3.05) is 24.2 Å². The van der Waals surface area contributed by atoms with Gasteiger partial charge in [0.25, 0.3) is 0 Å². The summed E-state index contributed by atoms with van der Waals surface area (Å²) in [6.45, 7) is 10.6. The van der Waals surface area contributed by atoms with Gasteiger partial charge >= 0.3 is 0 Å². The smallest absolute Gasteiger partial charge is 0.244 e. The van der Waals surface area contributed by atoms with Crippen LogP contribution in [0, 0.1) is 13.8 Å². The first-order valence-corrected chi connectivity index (χ1v) is 13.3. The molecule has 0 aromatic heterocycles. The molecule has 2 amide bonds. The average Bonchev–Trinajstić information content (AvgIpc) is 2.76. The second-order valence-corrected chi connectivity index (χ2v) is 11.7. The minimum atomic E-state index is -3.77. The van der Waals surface area contributed by atoms with Crippen molar-refractivity contribution in [1.82, 2.24) is 10.2 Å². The van der Waals surface area contributed by atoms with Crippen LogP contribution in [-0.2, 0) is 26.2 Å². The van der Waals surface area contributed by atoms with E-state index in [1.807, 2.05) is 52.8 Å². The summed E-state index contributed by atoms with van der Waals surface area (Å²) in [5.41, 5.74) is 2.42. The maximum absolute atomic E-state index is 13.6. The van der Waals surface area contributed by atoms with E-state index in [0.29, 0.717) is 11.4 Å². The van der Waals surface area contributed by atoms with Gasteiger partial charge in [0, 0.05) is 12.1 Å². The number of sulfonamides is 1. The maximum Gasteiger partial charge on any atom is 0.244 e. The number of benzene rings is 2. The standard InChI is InChI=1S/C26H37N3O5S/c1-18-10-9-11-23(19(18)2)29(35(8,32)33)17-24(30)28(20(3)25(31)27-26(4,5)6)16-21-12-14-22(34-7)15-13-21/h9-15,20H,16-17H2,1-8H3,(H,27,31)/t20-/m1/s1. The molecular weight excluding hydrogens is 466 g/mol. The summed E-state index contributed by atoms with van der Waals surface area (Å²) in [5, 5.41) is 2.91. The second-order valence-electron chi connectivity index (χ2n) is 9.77. The van der Waals surface area contributed by atoms with Gasteiger partial charge < -0.3 is 15.0 Å². The van der Waals surface area contributed by atoms with Crippen molar-refractivity contribution in [3.05, 3.63) is 59.2 Å². The first kappa shape index (κ1) is 28.2. The molecule has 192 valence electrons. The van der Waals surface area contributed by atoms with Crippen LogP contribution in [0.4, 0.5) is 5.69 Å². The van der Waals surface area contributed by atoms with Gasteiger partial charge in [-0.25, -0.2) is 8.42 Å². The van der Waals surface area contributed by atoms with Crippen LogP contribution in [0.15, 0.2) is 42.5 Å². The van der Waals surface area contributed by atoms with Gasteiger partial charge in [0.2, 0.25) is 21.8 Å². The van der Waals surface area contributed by atoms with Crippen LogP contribution in [0.3, 0.4) is 0 Å². The van der Waals surface area contributed by atoms with Crippen molar-refractivity contribution in [2.24, 2.45) is 0 Å². The number of hydrogen-bond donors (Lipinski definition) is 1. The van der Waals surface area contributed by atoms with Gasteiger partial charge in [-0.2, -0.15) is 0 Å². The molecule has 0 saturated carbocycles. The quantitative estimate of drug-likeness (QED) is 0.566. The Hall–Kier alpha value is -3.07. The fourth-order valence-electron chi connectivity index (χ4n) is 3.58. The molecule has 1 atom stereocenters. The van der Waals surface area contributed by atoms with E-state index < -0.39 is 34.1 Å². The van der Waals surface area contributed by atoms with Gasteiger partial charge in [-0.15, -0.1) is 0 Å². The maximum atomic E-state index is 13.6. The van der Waals surface area contributed by atoms with Crippen LogP contribution >= 0.6 is 0 Å². The monoisotopic (exact) mass is 503 g/mol. The fourth-order valence-corrected chi connectivity index (χ4v) is 4.48. The number of amides is 2. The van der Waals surface area contributed by atoms with Crippen LogP contribution < -0.4 is 14.4 Å². The molecule has 0 fully saturated rings. The van der Waals surface area contributed by atoms with E-state index in [9.17, 15) is 18.0 Å². The zero-order valence-electron chi connectivity index (χ0n) is 21.9. The molecule has 0 unspecified atom stereocenters. The molecule has 0 saturated heterocycles. The third kappa shape index (κ3) is 7.71. The van der Waals surface area contributed by atoms with Crippen molar-refractivity contribution in [1.29, 1.82) is 0 Å². The molecule has 0 spiro atoms. The Labute approximate surface area is 209 Å². The zero-order valence-corrected chi connectivity index (χ0v) is 22.7. The molecule has 9 heteroatoms. The number of anilines is 1. The summed E-state index contributed by atoms with van der Waals surface area (Å²) >= 11 is 0.